The third-order valence-electron chi connectivity index (χ3n) is 3.80. The third-order valence-corrected chi connectivity index (χ3v) is 4.98. The lowest BCUT2D eigenvalue weighted by Crippen LogP contribution is -2.27. The van der Waals surface area contributed by atoms with E-state index in [-0.39, 0.29) is 5.91 Å². The van der Waals surface area contributed by atoms with Crippen LogP contribution in [0.1, 0.15) is 17.2 Å². The van der Waals surface area contributed by atoms with Crippen molar-refractivity contribution in [3.8, 4) is 0 Å². The van der Waals surface area contributed by atoms with Gasteiger partial charge in [0, 0.05) is 23.0 Å². The molecule has 26 heavy (non-hydrogen) atoms. The first kappa shape index (κ1) is 18.1. The molecule has 132 valence electrons. The van der Waals surface area contributed by atoms with Gasteiger partial charge in [0.1, 0.15) is 6.04 Å². The lowest BCUT2D eigenvalue weighted by molar-refractivity contribution is -0.117. The van der Waals surface area contributed by atoms with Crippen molar-refractivity contribution in [2.45, 2.75) is 6.04 Å². The van der Waals surface area contributed by atoms with Crippen molar-refractivity contribution in [2.75, 3.05) is 5.32 Å². The Balaban J connectivity index is 1.81. The molecule has 8 heteroatoms. The number of rotatable bonds is 5. The van der Waals surface area contributed by atoms with Crippen molar-refractivity contribution in [1.82, 2.24) is 4.98 Å². The minimum atomic E-state index is -0.820. The van der Waals surface area contributed by atoms with Gasteiger partial charge >= 0.3 is 0 Å². The lowest BCUT2D eigenvalue weighted by Gasteiger charge is -2.10. The van der Waals surface area contributed by atoms with Crippen LogP contribution in [-0.2, 0) is 4.79 Å². The van der Waals surface area contributed by atoms with Crippen LogP contribution in [0.5, 0.6) is 0 Å². The molecule has 3 rings (SSSR count). The molecule has 0 aliphatic carbocycles. The van der Waals surface area contributed by atoms with Gasteiger partial charge in [0.05, 0.1) is 10.2 Å². The van der Waals surface area contributed by atoms with Crippen LogP contribution in [0.15, 0.2) is 48.7 Å². The number of carbonyl (C=O) groups is 1. The van der Waals surface area contributed by atoms with Crippen LogP contribution >= 0.6 is 22.9 Å². The first-order chi connectivity index (χ1) is 12.5. The van der Waals surface area contributed by atoms with Crippen LogP contribution in [-0.4, -0.2) is 17.1 Å². The fourth-order valence-electron chi connectivity index (χ4n) is 2.39. The van der Waals surface area contributed by atoms with Crippen molar-refractivity contribution in [3.63, 3.8) is 0 Å². The predicted octanol–water partition coefficient (Wildman–Crippen LogP) is 3.54. The van der Waals surface area contributed by atoms with Gasteiger partial charge in [-0.3, -0.25) is 4.79 Å². The number of hydrogen-bond donors (Lipinski definition) is 4. The van der Waals surface area contributed by atoms with Gasteiger partial charge in [-0.2, -0.15) is 0 Å². The molecule has 1 heterocycles. The van der Waals surface area contributed by atoms with Crippen molar-refractivity contribution in [3.05, 3.63) is 64.8 Å². The maximum absolute atomic E-state index is 12.4. The second-order valence-corrected chi connectivity index (χ2v) is 6.95. The molecule has 2 aromatic carbocycles. The molecular formula is C18H16ClN5OS. The molecule has 6 nitrogen and oxygen atoms in total. The van der Waals surface area contributed by atoms with E-state index < -0.39 is 6.04 Å². The smallest absolute Gasteiger partial charge is 0.247 e. The summed E-state index contributed by atoms with van der Waals surface area (Å²) >= 11 is 7.18. The van der Waals surface area contributed by atoms with Crippen molar-refractivity contribution < 1.29 is 4.79 Å². The number of thiazole rings is 1. The summed E-state index contributed by atoms with van der Waals surface area (Å²) in [7, 11) is 0. The Morgan fingerprint density at radius 3 is 2.65 bits per heavy atom. The fourth-order valence-corrected chi connectivity index (χ4v) is 3.42. The Bertz CT molecular complexity index is 996. The summed E-state index contributed by atoms with van der Waals surface area (Å²) in [6, 6.07) is 11.5. The zero-order chi connectivity index (χ0) is 18.7. The van der Waals surface area contributed by atoms with Crippen molar-refractivity contribution >= 4 is 56.0 Å². The van der Waals surface area contributed by atoms with Crippen LogP contribution in [0.3, 0.4) is 0 Å². The number of allylic oxidation sites excluding steroid dienone is 1. The SMILES string of the molecule is N=C/C(=C\N)c1ccc2nc(NC(=O)C(N)c3ccc(Cl)cc3)sc2c1. The minimum Gasteiger partial charge on any atom is -0.404 e. The average Bonchev–Trinajstić information content (AvgIpc) is 3.04. The van der Waals surface area contributed by atoms with E-state index in [0.29, 0.717) is 21.3 Å². The standard InChI is InChI=1S/C18H16ClN5OS/c19-13-4-1-10(2-5-13)16(22)17(25)24-18-23-14-6-3-11(7-15(14)26-18)12(8-20)9-21/h1-9,16,20H,21-22H2,(H,23,24,25)/b12-9+,20-8?. The highest BCUT2D eigenvalue weighted by Crippen LogP contribution is 2.29. The second-order valence-electron chi connectivity index (χ2n) is 5.49. The Morgan fingerprint density at radius 1 is 1.27 bits per heavy atom. The topological polar surface area (TPSA) is 118 Å². The van der Waals surface area contributed by atoms with E-state index in [1.165, 1.54) is 23.8 Å². The summed E-state index contributed by atoms with van der Waals surface area (Å²) in [4.78, 5) is 16.8. The summed E-state index contributed by atoms with van der Waals surface area (Å²) < 4.78 is 0.874. The zero-order valence-corrected chi connectivity index (χ0v) is 15.1. The van der Waals surface area contributed by atoms with Gasteiger partial charge in [0.2, 0.25) is 5.91 Å². The number of hydrogen-bond acceptors (Lipinski definition) is 6. The molecule has 0 fully saturated rings. The minimum absolute atomic E-state index is 0.353. The summed E-state index contributed by atoms with van der Waals surface area (Å²) in [6.45, 7) is 0. The van der Waals surface area contributed by atoms with E-state index in [1.54, 1.807) is 24.3 Å². The quantitative estimate of drug-likeness (QED) is 0.502. The third kappa shape index (κ3) is 3.75. The molecule has 1 amide bonds. The molecule has 0 bridgehead atoms. The number of fused-ring (bicyclic) bond motifs is 1. The Hall–Kier alpha value is -2.74. The number of halogens is 1. The van der Waals surface area contributed by atoms with Crippen LogP contribution < -0.4 is 16.8 Å². The molecular weight excluding hydrogens is 370 g/mol. The number of benzene rings is 2. The first-order valence-corrected chi connectivity index (χ1v) is 8.86. The number of aromatic nitrogens is 1. The average molecular weight is 386 g/mol. The highest BCUT2D eigenvalue weighted by molar-refractivity contribution is 7.22. The number of nitrogens with one attached hydrogen (secondary N) is 2. The predicted molar refractivity (Wildman–Crippen MR) is 108 cm³/mol. The maximum Gasteiger partial charge on any atom is 0.247 e. The molecule has 0 aliphatic rings. The van der Waals surface area contributed by atoms with Gasteiger partial charge in [0.25, 0.3) is 0 Å². The Labute approximate surface area is 159 Å². The monoisotopic (exact) mass is 385 g/mol. The normalized spacial score (nSPS) is 12.8. The van der Waals surface area contributed by atoms with Gasteiger partial charge in [-0.25, -0.2) is 4.98 Å². The summed E-state index contributed by atoms with van der Waals surface area (Å²) in [5.41, 5.74) is 14.4. The highest BCUT2D eigenvalue weighted by Gasteiger charge is 2.17. The van der Waals surface area contributed by atoms with E-state index in [4.69, 9.17) is 28.5 Å². The van der Waals surface area contributed by atoms with Crippen LogP contribution in [0.25, 0.3) is 15.8 Å². The van der Waals surface area contributed by atoms with Gasteiger partial charge in [-0.05, 0) is 35.4 Å². The molecule has 0 saturated heterocycles. The van der Waals surface area contributed by atoms with E-state index in [0.717, 1.165) is 15.8 Å². The molecule has 3 aromatic rings. The fraction of sp³-hybridized carbons (Fsp3) is 0.0556. The summed E-state index contributed by atoms with van der Waals surface area (Å²) in [5, 5.41) is 11.2. The number of amides is 1. The van der Waals surface area contributed by atoms with Crippen LogP contribution in [0, 0.1) is 5.41 Å². The van der Waals surface area contributed by atoms with E-state index in [2.05, 4.69) is 10.3 Å². The number of nitrogens with two attached hydrogens (primary N) is 2. The highest BCUT2D eigenvalue weighted by atomic mass is 35.5. The molecule has 0 saturated carbocycles. The number of anilines is 1. The zero-order valence-electron chi connectivity index (χ0n) is 13.6. The van der Waals surface area contributed by atoms with Crippen LogP contribution in [0.4, 0.5) is 5.13 Å². The van der Waals surface area contributed by atoms with Gasteiger partial charge in [-0.15, -0.1) is 0 Å². The van der Waals surface area contributed by atoms with Crippen molar-refractivity contribution in [2.24, 2.45) is 11.5 Å². The molecule has 0 spiro atoms. The van der Waals surface area contributed by atoms with Crippen LogP contribution in [0.2, 0.25) is 5.02 Å². The maximum atomic E-state index is 12.4. The van der Waals surface area contributed by atoms with Gasteiger partial charge in [-0.1, -0.05) is 41.1 Å². The molecule has 0 aliphatic heterocycles. The summed E-state index contributed by atoms with van der Waals surface area (Å²) in [5.74, 6) is -0.353. The van der Waals surface area contributed by atoms with Gasteiger partial charge < -0.3 is 22.2 Å². The molecule has 1 atom stereocenters. The molecule has 6 N–H and O–H groups in total. The van der Waals surface area contributed by atoms with E-state index >= 15 is 0 Å². The van der Waals surface area contributed by atoms with E-state index in [1.807, 2.05) is 18.2 Å². The second kappa shape index (κ2) is 7.65. The first-order valence-electron chi connectivity index (χ1n) is 7.67. The molecule has 1 aromatic heterocycles. The van der Waals surface area contributed by atoms with Gasteiger partial charge in [0.15, 0.2) is 5.13 Å². The lowest BCUT2D eigenvalue weighted by atomic mass is 10.1. The van der Waals surface area contributed by atoms with Crippen molar-refractivity contribution in [1.29, 1.82) is 5.41 Å². The number of carbonyl (C=O) groups excluding carboxylic acids is 1. The number of nitrogens with zero attached hydrogens (tertiary/aromatic N) is 1. The Morgan fingerprint density at radius 2 is 2.00 bits per heavy atom. The molecule has 1 unspecified atom stereocenters. The largest absolute Gasteiger partial charge is 0.404 e. The molecule has 0 radical (unpaired) electrons. The Kier molecular flexibility index (Phi) is 5.32. The summed E-state index contributed by atoms with van der Waals surface area (Å²) in [6.07, 6.45) is 2.57. The van der Waals surface area contributed by atoms with E-state index in [9.17, 15) is 4.79 Å².